The maximum atomic E-state index is 13.4. The minimum absolute atomic E-state index is 0.190. The molecule has 0 aliphatic carbocycles. The summed E-state index contributed by atoms with van der Waals surface area (Å²) in [6.07, 6.45) is -0.289. The number of carbonyl (C=O) groups is 1. The van der Waals surface area contributed by atoms with Crippen LogP contribution < -0.4 is 5.32 Å². The van der Waals surface area contributed by atoms with Crippen molar-refractivity contribution in [3.8, 4) is 0 Å². The van der Waals surface area contributed by atoms with Gasteiger partial charge in [0.05, 0.1) is 18.8 Å². The number of ether oxygens (including phenoxy) is 1. The number of halogens is 1. The van der Waals surface area contributed by atoms with Crippen LogP contribution >= 0.6 is 0 Å². The Morgan fingerprint density at radius 2 is 2.21 bits per heavy atom. The van der Waals surface area contributed by atoms with E-state index in [9.17, 15) is 9.18 Å². The average Bonchev–Trinajstić information content (AvgIpc) is 2.60. The second kappa shape index (κ2) is 6.97. The van der Waals surface area contributed by atoms with Gasteiger partial charge in [-0.2, -0.15) is 0 Å². The number of benzene rings is 1. The van der Waals surface area contributed by atoms with E-state index in [-0.39, 0.29) is 12.0 Å². The van der Waals surface area contributed by atoms with Crippen LogP contribution in [0.3, 0.4) is 0 Å². The Balaban J connectivity index is 1.79. The fourth-order valence-corrected chi connectivity index (χ4v) is 2.82. The normalized spacial score (nSPS) is 17.6. The molecule has 1 aliphatic rings. The van der Waals surface area contributed by atoms with Gasteiger partial charge in [-0.3, -0.25) is 9.78 Å². The number of nitrogens with one attached hydrogen (secondary N) is 1. The van der Waals surface area contributed by atoms with Gasteiger partial charge in [-0.1, -0.05) is 6.07 Å². The summed E-state index contributed by atoms with van der Waals surface area (Å²) in [7, 11) is 1.85. The second-order valence-corrected chi connectivity index (χ2v) is 5.79. The number of rotatable bonds is 3. The fourth-order valence-electron chi connectivity index (χ4n) is 2.82. The summed E-state index contributed by atoms with van der Waals surface area (Å²) in [5, 5.41) is 3.10. The zero-order valence-corrected chi connectivity index (χ0v) is 13.8. The van der Waals surface area contributed by atoms with E-state index in [1.165, 1.54) is 12.1 Å². The lowest BCUT2D eigenvalue weighted by Crippen LogP contribution is -2.42. The van der Waals surface area contributed by atoms with Gasteiger partial charge in [0, 0.05) is 30.5 Å². The van der Waals surface area contributed by atoms with E-state index in [1.54, 1.807) is 17.0 Å². The van der Waals surface area contributed by atoms with Crippen LogP contribution in [-0.4, -0.2) is 42.5 Å². The predicted molar refractivity (Wildman–Crippen MR) is 89.5 cm³/mol. The molecule has 1 saturated heterocycles. The third kappa shape index (κ3) is 3.54. The molecule has 6 heteroatoms. The minimum Gasteiger partial charge on any atom is -0.388 e. The smallest absolute Gasteiger partial charge is 0.254 e. The summed E-state index contributed by atoms with van der Waals surface area (Å²) in [6.45, 7) is 3.23. The molecule has 1 amide bonds. The van der Waals surface area contributed by atoms with Crippen molar-refractivity contribution in [1.82, 2.24) is 9.88 Å². The largest absolute Gasteiger partial charge is 0.388 e. The molecular weight excluding hydrogens is 309 g/mol. The number of aromatic nitrogens is 1. The SMILES string of the molecule is CNc1cc(C)nc([C@@H]2CN(C(=O)c3cccc(F)c3)CCO2)c1. The lowest BCUT2D eigenvalue weighted by molar-refractivity contribution is -0.0247. The van der Waals surface area contributed by atoms with Crippen molar-refractivity contribution in [2.45, 2.75) is 13.0 Å². The van der Waals surface area contributed by atoms with Crippen LogP contribution in [0, 0.1) is 12.7 Å². The van der Waals surface area contributed by atoms with E-state index in [0.717, 1.165) is 17.1 Å². The Morgan fingerprint density at radius 3 is 2.96 bits per heavy atom. The lowest BCUT2D eigenvalue weighted by Gasteiger charge is -2.33. The van der Waals surface area contributed by atoms with Crippen molar-refractivity contribution in [3.05, 3.63) is 59.2 Å². The molecule has 24 heavy (non-hydrogen) atoms. The Kier molecular flexibility index (Phi) is 4.76. The van der Waals surface area contributed by atoms with Gasteiger partial charge in [-0.25, -0.2) is 4.39 Å². The summed E-state index contributed by atoms with van der Waals surface area (Å²) >= 11 is 0. The number of hydrogen-bond acceptors (Lipinski definition) is 4. The standard InChI is InChI=1S/C18H20FN3O2/c1-12-8-15(20-2)10-16(21-12)17-11-22(6-7-24-17)18(23)13-4-3-5-14(19)9-13/h3-5,8-10,17H,6-7,11H2,1-2H3,(H,20,21)/t17-/m0/s1. The molecule has 0 saturated carbocycles. The molecular formula is C18H20FN3O2. The molecule has 0 unspecified atom stereocenters. The summed E-state index contributed by atoms with van der Waals surface area (Å²) in [5.74, 6) is -0.603. The molecule has 2 aromatic rings. The van der Waals surface area contributed by atoms with Gasteiger partial charge in [-0.05, 0) is 37.3 Å². The molecule has 3 rings (SSSR count). The molecule has 1 fully saturated rings. The van der Waals surface area contributed by atoms with Crippen molar-refractivity contribution in [2.24, 2.45) is 0 Å². The maximum absolute atomic E-state index is 13.4. The number of morpholine rings is 1. The molecule has 5 nitrogen and oxygen atoms in total. The average molecular weight is 329 g/mol. The summed E-state index contributed by atoms with van der Waals surface area (Å²) < 4.78 is 19.2. The van der Waals surface area contributed by atoms with Crippen molar-refractivity contribution < 1.29 is 13.9 Å². The van der Waals surface area contributed by atoms with E-state index in [4.69, 9.17) is 4.74 Å². The molecule has 1 aromatic carbocycles. The molecule has 0 spiro atoms. The number of nitrogens with zero attached hydrogens (tertiary/aromatic N) is 2. The number of anilines is 1. The van der Waals surface area contributed by atoms with Crippen LogP contribution in [0.25, 0.3) is 0 Å². The van der Waals surface area contributed by atoms with Crippen LogP contribution in [-0.2, 0) is 4.74 Å². The Bertz CT molecular complexity index is 751. The maximum Gasteiger partial charge on any atom is 0.254 e. The van der Waals surface area contributed by atoms with Crippen molar-refractivity contribution in [3.63, 3.8) is 0 Å². The molecule has 2 heterocycles. The highest BCUT2D eigenvalue weighted by Gasteiger charge is 2.27. The van der Waals surface area contributed by atoms with E-state index in [1.807, 2.05) is 26.1 Å². The van der Waals surface area contributed by atoms with Crippen molar-refractivity contribution >= 4 is 11.6 Å². The molecule has 126 valence electrons. The molecule has 1 N–H and O–H groups in total. The van der Waals surface area contributed by atoms with Crippen LogP contribution in [0.4, 0.5) is 10.1 Å². The fraction of sp³-hybridized carbons (Fsp3) is 0.333. The van der Waals surface area contributed by atoms with Gasteiger partial charge in [0.15, 0.2) is 0 Å². The van der Waals surface area contributed by atoms with Crippen molar-refractivity contribution in [2.75, 3.05) is 32.1 Å². The van der Waals surface area contributed by atoms with Crippen molar-refractivity contribution in [1.29, 1.82) is 0 Å². The Hall–Kier alpha value is -2.47. The van der Waals surface area contributed by atoms with Gasteiger partial charge in [-0.15, -0.1) is 0 Å². The highest BCUT2D eigenvalue weighted by molar-refractivity contribution is 5.94. The molecule has 1 atom stereocenters. The third-order valence-corrected chi connectivity index (χ3v) is 4.02. The number of hydrogen-bond donors (Lipinski definition) is 1. The first-order valence-electron chi connectivity index (χ1n) is 7.89. The molecule has 0 bridgehead atoms. The second-order valence-electron chi connectivity index (χ2n) is 5.79. The quantitative estimate of drug-likeness (QED) is 0.941. The monoisotopic (exact) mass is 329 g/mol. The number of amides is 1. The number of pyridine rings is 1. The first-order valence-corrected chi connectivity index (χ1v) is 7.89. The van der Waals surface area contributed by atoms with E-state index in [0.29, 0.717) is 25.3 Å². The van der Waals surface area contributed by atoms with Gasteiger partial charge >= 0.3 is 0 Å². The highest BCUT2D eigenvalue weighted by Crippen LogP contribution is 2.24. The molecule has 1 aromatic heterocycles. The summed E-state index contributed by atoms with van der Waals surface area (Å²) in [5.41, 5.74) is 2.98. The zero-order chi connectivity index (χ0) is 17.1. The van der Waals surface area contributed by atoms with Gasteiger partial charge in [0.2, 0.25) is 0 Å². The van der Waals surface area contributed by atoms with Crippen LogP contribution in [0.1, 0.15) is 27.8 Å². The number of aryl methyl sites for hydroxylation is 1. The predicted octanol–water partition coefficient (Wildman–Crippen LogP) is 2.78. The van der Waals surface area contributed by atoms with E-state index in [2.05, 4.69) is 10.3 Å². The Labute approximate surface area is 140 Å². The van der Waals surface area contributed by atoms with Crippen LogP contribution in [0.15, 0.2) is 36.4 Å². The summed E-state index contributed by atoms with van der Waals surface area (Å²) in [6, 6.07) is 9.63. The van der Waals surface area contributed by atoms with Gasteiger partial charge in [0.25, 0.3) is 5.91 Å². The van der Waals surface area contributed by atoms with Gasteiger partial charge in [0.1, 0.15) is 11.9 Å². The first kappa shape index (κ1) is 16.4. The lowest BCUT2D eigenvalue weighted by atomic mass is 10.1. The minimum atomic E-state index is -0.412. The van der Waals surface area contributed by atoms with Crippen LogP contribution in [0.2, 0.25) is 0 Å². The molecule has 1 aliphatic heterocycles. The van der Waals surface area contributed by atoms with Gasteiger partial charge < -0.3 is 15.0 Å². The number of carbonyl (C=O) groups excluding carboxylic acids is 1. The molecule has 0 radical (unpaired) electrons. The highest BCUT2D eigenvalue weighted by atomic mass is 19.1. The summed E-state index contributed by atoms with van der Waals surface area (Å²) in [4.78, 5) is 18.8. The first-order chi connectivity index (χ1) is 11.6. The Morgan fingerprint density at radius 1 is 1.38 bits per heavy atom. The van der Waals surface area contributed by atoms with E-state index < -0.39 is 5.82 Å². The van der Waals surface area contributed by atoms with E-state index >= 15 is 0 Å². The topological polar surface area (TPSA) is 54.5 Å². The van der Waals surface area contributed by atoms with Crippen LogP contribution in [0.5, 0.6) is 0 Å². The third-order valence-electron chi connectivity index (χ3n) is 4.02. The zero-order valence-electron chi connectivity index (χ0n) is 13.8.